The maximum Gasteiger partial charge on any atom is 0.312 e. The lowest BCUT2D eigenvalue weighted by Crippen LogP contribution is -2.52. The van der Waals surface area contributed by atoms with Crippen LogP contribution in [0.2, 0.25) is 0 Å². The summed E-state index contributed by atoms with van der Waals surface area (Å²) in [7, 11) is 0. The van der Waals surface area contributed by atoms with Gasteiger partial charge in [0.25, 0.3) is 0 Å². The van der Waals surface area contributed by atoms with Gasteiger partial charge in [-0.1, -0.05) is 0 Å². The molecule has 1 rings (SSSR count). The van der Waals surface area contributed by atoms with Gasteiger partial charge < -0.3 is 15.0 Å². The van der Waals surface area contributed by atoms with Gasteiger partial charge in [0.2, 0.25) is 0 Å². The molecule has 0 radical (unpaired) electrons. The fourth-order valence-electron chi connectivity index (χ4n) is 2.13. The number of nitrogens with zero attached hydrogens (tertiary/aromatic N) is 1. The minimum Gasteiger partial charge on any atom is -0.376 e. The van der Waals surface area contributed by atoms with Gasteiger partial charge in [0.15, 0.2) is 0 Å². The van der Waals surface area contributed by atoms with Crippen LogP contribution in [-0.2, 0) is 14.3 Å². The van der Waals surface area contributed by atoms with E-state index in [4.69, 9.17) is 4.74 Å². The molecule has 1 atom stereocenters. The lowest BCUT2D eigenvalue weighted by atomic mass is 10.1. The van der Waals surface area contributed by atoms with Gasteiger partial charge in [-0.25, -0.2) is 0 Å². The molecule has 2 amide bonds. The number of hydrogen-bond donors (Lipinski definition) is 1. The van der Waals surface area contributed by atoms with E-state index in [2.05, 4.69) is 5.32 Å². The molecule has 1 heterocycles. The van der Waals surface area contributed by atoms with Crippen molar-refractivity contribution in [2.24, 2.45) is 0 Å². The Labute approximate surface area is 109 Å². The second kappa shape index (κ2) is 6.18. The molecule has 18 heavy (non-hydrogen) atoms. The number of rotatable bonds is 3. The number of nitrogens with one attached hydrogen (secondary N) is 1. The van der Waals surface area contributed by atoms with Gasteiger partial charge in [-0.2, -0.15) is 0 Å². The number of ether oxygens (including phenoxy) is 1. The Morgan fingerprint density at radius 2 is 2.06 bits per heavy atom. The Bertz CT molecular complexity index is 304. The molecule has 1 aliphatic heterocycles. The SMILES string of the molecule is CCN(C(=O)C(=O)NCC1CCCO1)C(C)(C)C. The van der Waals surface area contributed by atoms with Crippen LogP contribution >= 0.6 is 0 Å². The van der Waals surface area contributed by atoms with Crippen LogP contribution < -0.4 is 5.32 Å². The van der Waals surface area contributed by atoms with E-state index in [-0.39, 0.29) is 11.6 Å². The van der Waals surface area contributed by atoms with Crippen molar-refractivity contribution in [3.05, 3.63) is 0 Å². The zero-order valence-corrected chi connectivity index (χ0v) is 11.8. The molecule has 1 unspecified atom stereocenters. The van der Waals surface area contributed by atoms with Crippen LogP contribution in [-0.4, -0.2) is 48.1 Å². The van der Waals surface area contributed by atoms with Crippen molar-refractivity contribution < 1.29 is 14.3 Å². The minimum absolute atomic E-state index is 0.0615. The van der Waals surface area contributed by atoms with Gasteiger partial charge in [-0.3, -0.25) is 9.59 Å². The molecule has 5 heteroatoms. The molecule has 0 aromatic heterocycles. The molecule has 0 saturated carbocycles. The van der Waals surface area contributed by atoms with Crippen LogP contribution in [0.4, 0.5) is 0 Å². The van der Waals surface area contributed by atoms with Crippen molar-refractivity contribution in [2.45, 2.75) is 52.2 Å². The summed E-state index contributed by atoms with van der Waals surface area (Å²) < 4.78 is 5.40. The summed E-state index contributed by atoms with van der Waals surface area (Å²) in [6.07, 6.45) is 2.04. The van der Waals surface area contributed by atoms with E-state index in [9.17, 15) is 9.59 Å². The second-order valence-corrected chi connectivity index (χ2v) is 5.57. The van der Waals surface area contributed by atoms with Crippen molar-refractivity contribution >= 4 is 11.8 Å². The second-order valence-electron chi connectivity index (χ2n) is 5.57. The average Bonchev–Trinajstić information content (AvgIpc) is 2.77. The fourth-order valence-corrected chi connectivity index (χ4v) is 2.13. The van der Waals surface area contributed by atoms with Crippen LogP contribution in [0.3, 0.4) is 0 Å². The summed E-state index contributed by atoms with van der Waals surface area (Å²) >= 11 is 0. The average molecular weight is 256 g/mol. The third-order valence-corrected chi connectivity index (χ3v) is 3.08. The van der Waals surface area contributed by atoms with E-state index in [1.165, 1.54) is 0 Å². The third-order valence-electron chi connectivity index (χ3n) is 3.08. The normalized spacial score (nSPS) is 19.7. The van der Waals surface area contributed by atoms with E-state index in [1.54, 1.807) is 4.90 Å². The summed E-state index contributed by atoms with van der Waals surface area (Å²) in [6.45, 7) is 9.32. The van der Waals surface area contributed by atoms with Gasteiger partial charge >= 0.3 is 11.8 Å². The van der Waals surface area contributed by atoms with E-state index < -0.39 is 11.8 Å². The predicted molar refractivity (Wildman–Crippen MR) is 69.1 cm³/mol. The third kappa shape index (κ3) is 3.98. The molecular weight excluding hydrogens is 232 g/mol. The van der Waals surface area contributed by atoms with Crippen molar-refractivity contribution in [3.8, 4) is 0 Å². The lowest BCUT2D eigenvalue weighted by molar-refractivity contribution is -0.149. The van der Waals surface area contributed by atoms with Crippen LogP contribution in [0, 0.1) is 0 Å². The summed E-state index contributed by atoms with van der Waals surface area (Å²) in [5.41, 5.74) is -0.340. The Kier molecular flexibility index (Phi) is 5.14. The molecule has 0 aromatic rings. The van der Waals surface area contributed by atoms with Crippen molar-refractivity contribution in [2.75, 3.05) is 19.7 Å². The summed E-state index contributed by atoms with van der Waals surface area (Å²) in [5, 5.41) is 2.66. The van der Waals surface area contributed by atoms with E-state index in [0.717, 1.165) is 19.4 Å². The van der Waals surface area contributed by atoms with Gasteiger partial charge in [-0.05, 0) is 40.5 Å². The first kappa shape index (κ1) is 15.0. The van der Waals surface area contributed by atoms with Gasteiger partial charge in [0, 0.05) is 25.2 Å². The van der Waals surface area contributed by atoms with Gasteiger partial charge in [0.05, 0.1) is 6.10 Å². The number of hydrogen-bond acceptors (Lipinski definition) is 3. The molecule has 104 valence electrons. The van der Waals surface area contributed by atoms with Crippen LogP contribution in [0.25, 0.3) is 0 Å². The highest BCUT2D eigenvalue weighted by Crippen LogP contribution is 2.13. The summed E-state index contributed by atoms with van der Waals surface area (Å²) in [4.78, 5) is 25.4. The van der Waals surface area contributed by atoms with Gasteiger partial charge in [-0.15, -0.1) is 0 Å². The molecule has 0 spiro atoms. The largest absolute Gasteiger partial charge is 0.376 e. The molecular formula is C13H24N2O3. The maximum absolute atomic E-state index is 12.0. The number of carbonyl (C=O) groups excluding carboxylic acids is 2. The van der Waals surface area contributed by atoms with Crippen molar-refractivity contribution in [3.63, 3.8) is 0 Å². The Morgan fingerprint density at radius 1 is 1.39 bits per heavy atom. The first-order valence-corrected chi connectivity index (χ1v) is 6.57. The minimum atomic E-state index is -0.540. The summed E-state index contributed by atoms with van der Waals surface area (Å²) in [6, 6.07) is 0. The molecule has 0 aliphatic carbocycles. The zero-order chi connectivity index (χ0) is 13.8. The number of carbonyl (C=O) groups is 2. The van der Waals surface area contributed by atoms with E-state index >= 15 is 0 Å². The first-order chi connectivity index (χ1) is 8.36. The highest BCUT2D eigenvalue weighted by atomic mass is 16.5. The highest BCUT2D eigenvalue weighted by molar-refractivity contribution is 6.35. The predicted octanol–water partition coefficient (Wildman–Crippen LogP) is 0.929. The molecule has 1 N–H and O–H groups in total. The standard InChI is InChI=1S/C13H24N2O3/c1-5-15(13(2,3)4)12(17)11(16)14-9-10-7-6-8-18-10/h10H,5-9H2,1-4H3,(H,14,16). The Morgan fingerprint density at radius 3 is 2.50 bits per heavy atom. The Hall–Kier alpha value is -1.10. The summed E-state index contributed by atoms with van der Waals surface area (Å²) in [5.74, 6) is -1.01. The van der Waals surface area contributed by atoms with E-state index in [0.29, 0.717) is 13.1 Å². The smallest absolute Gasteiger partial charge is 0.312 e. The van der Waals surface area contributed by atoms with Crippen molar-refractivity contribution in [1.82, 2.24) is 10.2 Å². The molecule has 1 saturated heterocycles. The quantitative estimate of drug-likeness (QED) is 0.764. The molecule has 1 aliphatic rings. The van der Waals surface area contributed by atoms with E-state index in [1.807, 2.05) is 27.7 Å². The topological polar surface area (TPSA) is 58.6 Å². The molecule has 0 bridgehead atoms. The Balaban J connectivity index is 2.46. The van der Waals surface area contributed by atoms with Crippen LogP contribution in [0.5, 0.6) is 0 Å². The molecule has 0 aromatic carbocycles. The first-order valence-electron chi connectivity index (χ1n) is 6.57. The van der Waals surface area contributed by atoms with Crippen LogP contribution in [0.15, 0.2) is 0 Å². The van der Waals surface area contributed by atoms with Gasteiger partial charge in [0.1, 0.15) is 0 Å². The van der Waals surface area contributed by atoms with Crippen molar-refractivity contribution in [1.29, 1.82) is 0 Å². The molecule has 5 nitrogen and oxygen atoms in total. The highest BCUT2D eigenvalue weighted by Gasteiger charge is 2.30. The number of likely N-dealkylation sites (N-methyl/N-ethyl adjacent to an activating group) is 1. The zero-order valence-electron chi connectivity index (χ0n) is 11.8. The van der Waals surface area contributed by atoms with Crippen LogP contribution in [0.1, 0.15) is 40.5 Å². The lowest BCUT2D eigenvalue weighted by Gasteiger charge is -2.34. The maximum atomic E-state index is 12.0. The monoisotopic (exact) mass is 256 g/mol. The molecule has 1 fully saturated rings. The number of amides is 2. The fraction of sp³-hybridized carbons (Fsp3) is 0.846.